The summed E-state index contributed by atoms with van der Waals surface area (Å²) in [5.41, 5.74) is 1.31. The van der Waals surface area contributed by atoms with Crippen LogP contribution < -0.4 is 0 Å². The quantitative estimate of drug-likeness (QED) is 0.775. The highest BCUT2D eigenvalue weighted by atomic mass is 16.3. The summed E-state index contributed by atoms with van der Waals surface area (Å²) in [6.45, 7) is 6.83. The van der Waals surface area contributed by atoms with Gasteiger partial charge >= 0.3 is 0 Å². The van der Waals surface area contributed by atoms with E-state index in [-0.39, 0.29) is 17.4 Å². The first-order chi connectivity index (χ1) is 6.55. The summed E-state index contributed by atoms with van der Waals surface area (Å²) in [7, 11) is 0. The van der Waals surface area contributed by atoms with Crippen LogP contribution >= 0.6 is 0 Å². The third kappa shape index (κ3) is 0.976. The molecule has 2 nitrogen and oxygen atoms in total. The van der Waals surface area contributed by atoms with Gasteiger partial charge in [-0.15, -0.1) is 0 Å². The van der Waals surface area contributed by atoms with Gasteiger partial charge in [0.2, 0.25) is 0 Å². The Labute approximate surface area is 85.0 Å². The standard InChI is InChI=1S/C12H17NO/c1-11(2)9(8-14)12(11,3)10-6-4-5-7-13-10/h4-7,9,14H,8H2,1-3H3. The van der Waals surface area contributed by atoms with Crippen molar-refractivity contribution in [2.24, 2.45) is 11.3 Å². The van der Waals surface area contributed by atoms with Crippen molar-refractivity contribution in [3.63, 3.8) is 0 Å². The second kappa shape index (κ2) is 2.80. The molecule has 2 rings (SSSR count). The normalized spacial score (nSPS) is 34.1. The third-order valence-corrected chi connectivity index (χ3v) is 4.20. The van der Waals surface area contributed by atoms with Crippen LogP contribution in [0.3, 0.4) is 0 Å². The molecule has 1 fully saturated rings. The number of hydrogen-bond donors (Lipinski definition) is 1. The summed E-state index contributed by atoms with van der Waals surface area (Å²) < 4.78 is 0. The molecule has 0 spiro atoms. The molecule has 14 heavy (non-hydrogen) atoms. The Morgan fingerprint density at radius 1 is 1.36 bits per heavy atom. The zero-order chi connectivity index (χ0) is 10.4. The smallest absolute Gasteiger partial charge is 0.0473 e. The van der Waals surface area contributed by atoms with Crippen LogP contribution in [-0.4, -0.2) is 16.7 Å². The molecule has 0 saturated heterocycles. The summed E-state index contributed by atoms with van der Waals surface area (Å²) in [5.74, 6) is 0.338. The predicted molar refractivity (Wildman–Crippen MR) is 55.9 cm³/mol. The van der Waals surface area contributed by atoms with Gasteiger partial charge < -0.3 is 5.11 Å². The van der Waals surface area contributed by atoms with Crippen molar-refractivity contribution in [1.29, 1.82) is 0 Å². The minimum atomic E-state index is 0.0447. The lowest BCUT2D eigenvalue weighted by Gasteiger charge is -2.13. The fraction of sp³-hybridized carbons (Fsp3) is 0.583. The van der Waals surface area contributed by atoms with E-state index in [1.54, 1.807) is 0 Å². The summed E-state index contributed by atoms with van der Waals surface area (Å²) in [6, 6.07) is 5.99. The SMILES string of the molecule is CC1(C)C(CO)C1(C)c1ccccn1. The number of rotatable bonds is 2. The van der Waals surface area contributed by atoms with Crippen LogP contribution in [0.2, 0.25) is 0 Å². The van der Waals surface area contributed by atoms with Crippen molar-refractivity contribution < 1.29 is 5.11 Å². The lowest BCUT2D eigenvalue weighted by atomic mass is 9.94. The molecule has 0 amide bonds. The molecule has 1 heterocycles. The van der Waals surface area contributed by atoms with Crippen LogP contribution in [0.25, 0.3) is 0 Å². The van der Waals surface area contributed by atoms with E-state index in [1.807, 2.05) is 18.3 Å². The Hall–Kier alpha value is -0.890. The highest BCUT2D eigenvalue weighted by Crippen LogP contribution is 2.68. The lowest BCUT2D eigenvalue weighted by Crippen LogP contribution is -2.12. The van der Waals surface area contributed by atoms with Gasteiger partial charge in [-0.2, -0.15) is 0 Å². The van der Waals surface area contributed by atoms with Gasteiger partial charge in [0.15, 0.2) is 0 Å². The maximum absolute atomic E-state index is 9.31. The summed E-state index contributed by atoms with van der Waals surface area (Å²) in [5, 5.41) is 9.31. The lowest BCUT2D eigenvalue weighted by molar-refractivity contribution is 0.253. The Morgan fingerprint density at radius 2 is 2.07 bits per heavy atom. The van der Waals surface area contributed by atoms with E-state index in [0.717, 1.165) is 5.69 Å². The monoisotopic (exact) mass is 191 g/mol. The molecule has 1 aliphatic rings. The molecule has 2 unspecified atom stereocenters. The van der Waals surface area contributed by atoms with Gasteiger partial charge in [0.1, 0.15) is 0 Å². The van der Waals surface area contributed by atoms with Gasteiger partial charge in [-0.1, -0.05) is 26.8 Å². The van der Waals surface area contributed by atoms with Gasteiger partial charge in [0.25, 0.3) is 0 Å². The summed E-state index contributed by atoms with van der Waals surface area (Å²) in [6.07, 6.45) is 1.82. The molecule has 0 radical (unpaired) electrons. The third-order valence-electron chi connectivity index (χ3n) is 4.20. The largest absolute Gasteiger partial charge is 0.396 e. The Balaban J connectivity index is 2.37. The molecule has 76 valence electrons. The molecule has 1 saturated carbocycles. The van der Waals surface area contributed by atoms with Crippen LogP contribution in [0, 0.1) is 11.3 Å². The van der Waals surface area contributed by atoms with Gasteiger partial charge in [0.05, 0.1) is 0 Å². The first kappa shape index (κ1) is 9.66. The number of aliphatic hydroxyl groups excluding tert-OH is 1. The van der Waals surface area contributed by atoms with E-state index in [1.165, 1.54) is 0 Å². The molecular weight excluding hydrogens is 174 g/mol. The predicted octanol–water partition coefficient (Wildman–Crippen LogP) is 1.99. The summed E-state index contributed by atoms with van der Waals surface area (Å²) in [4.78, 5) is 4.40. The minimum Gasteiger partial charge on any atom is -0.396 e. The van der Waals surface area contributed by atoms with E-state index in [9.17, 15) is 5.11 Å². The van der Waals surface area contributed by atoms with Crippen LogP contribution in [0.1, 0.15) is 26.5 Å². The van der Waals surface area contributed by atoms with Crippen LogP contribution in [0.5, 0.6) is 0 Å². The van der Waals surface area contributed by atoms with Gasteiger partial charge in [-0.25, -0.2) is 0 Å². The van der Waals surface area contributed by atoms with Gasteiger partial charge in [0, 0.05) is 23.9 Å². The number of aromatic nitrogens is 1. The average molecular weight is 191 g/mol. The van der Waals surface area contributed by atoms with E-state index < -0.39 is 0 Å². The van der Waals surface area contributed by atoms with Gasteiger partial charge in [-0.05, 0) is 23.5 Å². The zero-order valence-corrected chi connectivity index (χ0v) is 8.99. The van der Waals surface area contributed by atoms with Crippen molar-refractivity contribution in [2.75, 3.05) is 6.61 Å². The van der Waals surface area contributed by atoms with Crippen molar-refractivity contribution in [3.8, 4) is 0 Å². The van der Waals surface area contributed by atoms with Crippen molar-refractivity contribution in [1.82, 2.24) is 4.98 Å². The maximum atomic E-state index is 9.31. The molecule has 2 heteroatoms. The van der Waals surface area contributed by atoms with E-state index >= 15 is 0 Å². The van der Waals surface area contributed by atoms with Crippen LogP contribution in [0.4, 0.5) is 0 Å². The zero-order valence-electron chi connectivity index (χ0n) is 8.99. The molecule has 1 N–H and O–H groups in total. The van der Waals surface area contributed by atoms with E-state index in [2.05, 4.69) is 31.8 Å². The Morgan fingerprint density at radius 3 is 2.50 bits per heavy atom. The van der Waals surface area contributed by atoms with Crippen molar-refractivity contribution in [3.05, 3.63) is 30.1 Å². The highest BCUT2D eigenvalue weighted by molar-refractivity contribution is 5.34. The molecule has 1 aromatic rings. The molecule has 0 bridgehead atoms. The minimum absolute atomic E-state index is 0.0447. The van der Waals surface area contributed by atoms with Gasteiger partial charge in [-0.3, -0.25) is 4.98 Å². The maximum Gasteiger partial charge on any atom is 0.0473 e. The second-order valence-corrected chi connectivity index (χ2v) is 4.87. The molecule has 0 aliphatic heterocycles. The van der Waals surface area contributed by atoms with E-state index in [0.29, 0.717) is 5.92 Å². The first-order valence-corrected chi connectivity index (χ1v) is 5.07. The topological polar surface area (TPSA) is 33.1 Å². The number of hydrogen-bond acceptors (Lipinski definition) is 2. The molecule has 1 aromatic heterocycles. The van der Waals surface area contributed by atoms with Crippen LogP contribution in [-0.2, 0) is 5.41 Å². The van der Waals surface area contributed by atoms with Crippen LogP contribution in [0.15, 0.2) is 24.4 Å². The number of aliphatic hydroxyl groups is 1. The fourth-order valence-electron chi connectivity index (χ4n) is 2.69. The first-order valence-electron chi connectivity index (χ1n) is 5.07. The average Bonchev–Trinajstić information content (AvgIpc) is 2.63. The van der Waals surface area contributed by atoms with Crippen molar-refractivity contribution in [2.45, 2.75) is 26.2 Å². The fourth-order valence-corrected chi connectivity index (χ4v) is 2.69. The van der Waals surface area contributed by atoms with E-state index in [4.69, 9.17) is 0 Å². The number of pyridine rings is 1. The second-order valence-electron chi connectivity index (χ2n) is 4.87. The molecule has 1 aliphatic carbocycles. The van der Waals surface area contributed by atoms with Crippen molar-refractivity contribution >= 4 is 0 Å². The molecule has 2 atom stereocenters. The Kier molecular flexibility index (Phi) is 1.93. The molecular formula is C12H17NO. The highest BCUT2D eigenvalue weighted by Gasteiger charge is 2.68. The Bertz CT molecular complexity index is 333. The number of nitrogens with zero attached hydrogens (tertiary/aromatic N) is 1. The molecule has 0 aromatic carbocycles. The summed E-state index contributed by atoms with van der Waals surface area (Å²) >= 11 is 0.